The second kappa shape index (κ2) is 5.46. The van der Waals surface area contributed by atoms with Gasteiger partial charge in [-0.1, -0.05) is 30.0 Å². The lowest BCUT2D eigenvalue weighted by Crippen LogP contribution is -2.04. The lowest BCUT2D eigenvalue weighted by Gasteiger charge is -2.00. The molecular weight excluding hydrogens is 270 g/mol. The van der Waals surface area contributed by atoms with Crippen molar-refractivity contribution in [3.05, 3.63) is 54.0 Å². The third-order valence-corrected chi connectivity index (χ3v) is 3.92. The number of aromatic nitrogens is 3. The number of H-pyrrole nitrogens is 1. The van der Waals surface area contributed by atoms with Crippen molar-refractivity contribution >= 4 is 28.4 Å². The quantitative estimate of drug-likeness (QED) is 0.453. The zero-order valence-electron chi connectivity index (χ0n) is 11.0. The molecule has 100 valence electrons. The molecule has 2 aromatic heterocycles. The van der Waals surface area contributed by atoms with Crippen molar-refractivity contribution in [1.29, 1.82) is 0 Å². The van der Waals surface area contributed by atoms with Gasteiger partial charge < -0.3 is 4.98 Å². The van der Waals surface area contributed by atoms with Gasteiger partial charge in [-0.2, -0.15) is 0 Å². The minimum Gasteiger partial charge on any atom is -0.358 e. The number of rotatable bonds is 4. The summed E-state index contributed by atoms with van der Waals surface area (Å²) in [5, 5.41) is 1.60. The molecule has 0 amide bonds. The fraction of sp³-hybridized carbons (Fsp3) is 0.133. The molecule has 0 fully saturated rings. The highest BCUT2D eigenvalue weighted by Gasteiger charge is 2.16. The number of para-hydroxylation sites is 1. The smallest absolute Gasteiger partial charge is 0.187 e. The number of Topliss-reactive ketones (excluding diaryl/α,β-unsaturated/α-hetero) is 1. The van der Waals surface area contributed by atoms with Gasteiger partial charge in [0.25, 0.3) is 0 Å². The molecule has 3 aromatic rings. The summed E-state index contributed by atoms with van der Waals surface area (Å²) in [7, 11) is 0. The molecular formula is C15H13N3OS. The Labute approximate surface area is 120 Å². The minimum atomic E-state index is 0.0948. The Morgan fingerprint density at radius 2 is 1.95 bits per heavy atom. The predicted octanol–water partition coefficient (Wildman–Crippen LogP) is 3.24. The molecule has 0 saturated carbocycles. The lowest BCUT2D eigenvalue weighted by atomic mass is 10.1. The van der Waals surface area contributed by atoms with Crippen LogP contribution in [0.3, 0.4) is 0 Å². The van der Waals surface area contributed by atoms with Gasteiger partial charge in [0.1, 0.15) is 0 Å². The zero-order chi connectivity index (χ0) is 13.9. The number of hydrogen-bond acceptors (Lipinski definition) is 4. The summed E-state index contributed by atoms with van der Waals surface area (Å²) in [6.45, 7) is 1.93. The average Bonchev–Trinajstić information content (AvgIpc) is 2.82. The molecule has 0 aliphatic carbocycles. The van der Waals surface area contributed by atoms with Crippen molar-refractivity contribution in [3.8, 4) is 0 Å². The van der Waals surface area contributed by atoms with Crippen LogP contribution in [0.15, 0.2) is 47.9 Å². The molecule has 0 aliphatic heterocycles. The van der Waals surface area contributed by atoms with E-state index in [0.717, 1.165) is 22.2 Å². The molecule has 20 heavy (non-hydrogen) atoms. The predicted molar refractivity (Wildman–Crippen MR) is 80.1 cm³/mol. The number of carbonyl (C=O) groups excluding carboxylic acids is 1. The standard InChI is InChI=1S/C15H13N3OS/c1-10-14(11-5-2-3-6-12(11)18-10)13(19)9-20-15-16-7-4-8-17-15/h2-8,18H,9H2,1H3. The van der Waals surface area contributed by atoms with Crippen LogP contribution in [0, 0.1) is 6.92 Å². The van der Waals surface area contributed by atoms with Crippen molar-refractivity contribution in [2.75, 3.05) is 5.75 Å². The van der Waals surface area contributed by atoms with Crippen molar-refractivity contribution < 1.29 is 4.79 Å². The van der Waals surface area contributed by atoms with E-state index < -0.39 is 0 Å². The lowest BCUT2D eigenvalue weighted by molar-refractivity contribution is 0.102. The van der Waals surface area contributed by atoms with Crippen LogP contribution in [0.4, 0.5) is 0 Å². The first kappa shape index (κ1) is 12.9. The molecule has 0 bridgehead atoms. The van der Waals surface area contributed by atoms with E-state index in [4.69, 9.17) is 0 Å². The summed E-state index contributed by atoms with van der Waals surface area (Å²) in [4.78, 5) is 23.9. The average molecular weight is 283 g/mol. The fourth-order valence-electron chi connectivity index (χ4n) is 2.20. The second-order valence-corrected chi connectivity index (χ2v) is 5.36. The van der Waals surface area contributed by atoms with E-state index in [9.17, 15) is 4.79 Å². The number of aromatic amines is 1. The Balaban J connectivity index is 1.84. The summed E-state index contributed by atoms with van der Waals surface area (Å²) >= 11 is 1.36. The third kappa shape index (κ3) is 2.44. The van der Waals surface area contributed by atoms with E-state index >= 15 is 0 Å². The van der Waals surface area contributed by atoms with Crippen LogP contribution in [-0.2, 0) is 0 Å². The summed E-state index contributed by atoms with van der Waals surface area (Å²) < 4.78 is 0. The first-order valence-electron chi connectivity index (χ1n) is 6.26. The first-order chi connectivity index (χ1) is 9.75. The van der Waals surface area contributed by atoms with E-state index in [1.165, 1.54) is 11.8 Å². The van der Waals surface area contributed by atoms with E-state index in [2.05, 4.69) is 15.0 Å². The molecule has 1 N–H and O–H groups in total. The summed E-state index contributed by atoms with van der Waals surface area (Å²) in [5.74, 6) is 0.435. The SMILES string of the molecule is Cc1[nH]c2ccccc2c1C(=O)CSc1ncccn1. The second-order valence-electron chi connectivity index (χ2n) is 4.41. The van der Waals surface area contributed by atoms with Crippen LogP contribution in [0.5, 0.6) is 0 Å². The largest absolute Gasteiger partial charge is 0.358 e. The maximum atomic E-state index is 12.4. The summed E-state index contributed by atoms with van der Waals surface area (Å²) in [6, 6.07) is 9.61. The number of carbonyl (C=O) groups is 1. The Morgan fingerprint density at radius 1 is 1.20 bits per heavy atom. The van der Waals surface area contributed by atoms with Crippen molar-refractivity contribution in [1.82, 2.24) is 15.0 Å². The third-order valence-electron chi connectivity index (χ3n) is 3.05. The normalized spacial score (nSPS) is 10.8. The molecule has 0 unspecified atom stereocenters. The highest BCUT2D eigenvalue weighted by atomic mass is 32.2. The van der Waals surface area contributed by atoms with E-state index in [1.807, 2.05) is 31.2 Å². The number of aryl methyl sites for hydroxylation is 1. The number of benzene rings is 1. The number of fused-ring (bicyclic) bond motifs is 1. The van der Waals surface area contributed by atoms with Gasteiger partial charge in [0.2, 0.25) is 0 Å². The van der Waals surface area contributed by atoms with Gasteiger partial charge in [-0.3, -0.25) is 4.79 Å². The first-order valence-corrected chi connectivity index (χ1v) is 7.24. The minimum absolute atomic E-state index is 0.0948. The van der Waals surface area contributed by atoms with Gasteiger partial charge >= 0.3 is 0 Å². The van der Waals surface area contributed by atoms with E-state index in [1.54, 1.807) is 18.5 Å². The van der Waals surface area contributed by atoms with Crippen molar-refractivity contribution in [2.45, 2.75) is 12.1 Å². The van der Waals surface area contributed by atoms with Crippen LogP contribution in [-0.4, -0.2) is 26.5 Å². The molecule has 5 heteroatoms. The maximum Gasteiger partial charge on any atom is 0.187 e. The Kier molecular flexibility index (Phi) is 3.52. The van der Waals surface area contributed by atoms with Gasteiger partial charge in [-0.15, -0.1) is 0 Å². The monoisotopic (exact) mass is 283 g/mol. The van der Waals surface area contributed by atoms with Gasteiger partial charge in [0, 0.05) is 34.6 Å². The molecule has 0 saturated heterocycles. The summed E-state index contributed by atoms with van der Waals surface area (Å²) in [5.41, 5.74) is 2.67. The Morgan fingerprint density at radius 3 is 2.75 bits per heavy atom. The van der Waals surface area contributed by atoms with Gasteiger partial charge in [0.15, 0.2) is 10.9 Å². The molecule has 2 heterocycles. The Hall–Kier alpha value is -2.14. The van der Waals surface area contributed by atoms with Crippen LogP contribution in [0.2, 0.25) is 0 Å². The zero-order valence-corrected chi connectivity index (χ0v) is 11.8. The molecule has 4 nitrogen and oxygen atoms in total. The maximum absolute atomic E-state index is 12.4. The molecule has 0 radical (unpaired) electrons. The van der Waals surface area contributed by atoms with Crippen LogP contribution >= 0.6 is 11.8 Å². The molecule has 1 aromatic carbocycles. The molecule has 3 rings (SSSR count). The van der Waals surface area contributed by atoms with Crippen molar-refractivity contribution in [2.24, 2.45) is 0 Å². The Bertz CT molecular complexity index is 752. The van der Waals surface area contributed by atoms with Crippen molar-refractivity contribution in [3.63, 3.8) is 0 Å². The van der Waals surface area contributed by atoms with Crippen LogP contribution in [0.1, 0.15) is 16.1 Å². The van der Waals surface area contributed by atoms with Gasteiger partial charge in [0.05, 0.1) is 5.75 Å². The van der Waals surface area contributed by atoms with Crippen LogP contribution < -0.4 is 0 Å². The number of thioether (sulfide) groups is 1. The molecule has 0 spiro atoms. The van der Waals surface area contributed by atoms with E-state index in [0.29, 0.717) is 10.9 Å². The van der Waals surface area contributed by atoms with Gasteiger partial charge in [-0.25, -0.2) is 9.97 Å². The number of ketones is 1. The number of nitrogens with zero attached hydrogens (tertiary/aromatic N) is 2. The van der Waals surface area contributed by atoms with E-state index in [-0.39, 0.29) is 5.78 Å². The topological polar surface area (TPSA) is 58.6 Å². The molecule has 0 atom stereocenters. The van der Waals surface area contributed by atoms with Gasteiger partial charge in [-0.05, 0) is 19.1 Å². The highest BCUT2D eigenvalue weighted by Crippen LogP contribution is 2.24. The fourth-order valence-corrected chi connectivity index (χ4v) is 2.87. The number of nitrogens with one attached hydrogen (secondary N) is 1. The summed E-state index contributed by atoms with van der Waals surface area (Å²) in [6.07, 6.45) is 3.35. The molecule has 0 aliphatic rings. The number of hydrogen-bond donors (Lipinski definition) is 1. The highest BCUT2D eigenvalue weighted by molar-refractivity contribution is 7.99. The van der Waals surface area contributed by atoms with Crippen LogP contribution in [0.25, 0.3) is 10.9 Å².